The zero-order chi connectivity index (χ0) is 22.5. The van der Waals surface area contributed by atoms with Gasteiger partial charge in [0.2, 0.25) is 0 Å². The number of aromatic nitrogens is 1. The minimum absolute atomic E-state index is 0.220. The van der Waals surface area contributed by atoms with Gasteiger partial charge in [0.25, 0.3) is 11.7 Å². The van der Waals surface area contributed by atoms with Crippen LogP contribution < -0.4 is 10.5 Å². The number of carbonyl (C=O) groups is 3. The molecule has 7 heteroatoms. The summed E-state index contributed by atoms with van der Waals surface area (Å²) in [5.74, 6) is -1.82. The summed E-state index contributed by atoms with van der Waals surface area (Å²) in [6, 6.07) is 15.1. The van der Waals surface area contributed by atoms with Gasteiger partial charge in [-0.05, 0) is 30.0 Å². The van der Waals surface area contributed by atoms with Crippen molar-refractivity contribution < 1.29 is 23.9 Å². The number of carbonyl (C=O) groups excluding carboxylic acids is 3. The van der Waals surface area contributed by atoms with Crippen LogP contribution in [0.4, 0.5) is 0 Å². The predicted octanol–water partition coefficient (Wildman–Crippen LogP) is 3.11. The van der Waals surface area contributed by atoms with E-state index in [0.717, 1.165) is 11.1 Å². The van der Waals surface area contributed by atoms with Crippen molar-refractivity contribution in [1.29, 1.82) is 0 Å². The number of nitrogens with two attached hydrogens (primary N) is 1. The lowest BCUT2D eigenvalue weighted by atomic mass is 9.99. The second-order valence-corrected chi connectivity index (χ2v) is 7.70. The van der Waals surface area contributed by atoms with Gasteiger partial charge in [-0.15, -0.1) is 0 Å². The maximum absolute atomic E-state index is 12.9. The Balaban J connectivity index is 2.28. The number of benzene rings is 2. The Bertz CT molecular complexity index is 1120. The number of hydrogen-bond donors (Lipinski definition) is 1. The summed E-state index contributed by atoms with van der Waals surface area (Å²) in [6.45, 7) is 4.27. The van der Waals surface area contributed by atoms with E-state index in [1.54, 1.807) is 12.1 Å². The quantitative estimate of drug-likeness (QED) is 0.324. The number of amides is 1. The van der Waals surface area contributed by atoms with E-state index in [9.17, 15) is 14.4 Å². The molecule has 0 unspecified atom stereocenters. The molecular weight excluding hydrogens is 396 g/mol. The van der Waals surface area contributed by atoms with Crippen LogP contribution in [0.3, 0.4) is 0 Å². The van der Waals surface area contributed by atoms with Crippen LogP contribution in [0.15, 0.2) is 48.5 Å². The van der Waals surface area contributed by atoms with E-state index in [-0.39, 0.29) is 18.1 Å². The molecule has 2 N–H and O–H groups in total. The summed E-state index contributed by atoms with van der Waals surface area (Å²) in [5.41, 5.74) is 8.12. The molecule has 0 radical (unpaired) electrons. The van der Waals surface area contributed by atoms with Crippen molar-refractivity contribution in [2.24, 2.45) is 11.7 Å². The Hall–Kier alpha value is -3.61. The highest BCUT2D eigenvalue weighted by Gasteiger charge is 2.28. The third-order valence-electron chi connectivity index (χ3n) is 4.97. The first kappa shape index (κ1) is 22.1. The SMILES string of the molecule is COC(=O)COc1cccc2c1c(C(=O)C(N)=O)c(CC(C)C)n2Cc1ccccc1. The molecule has 0 bridgehead atoms. The molecule has 2 aromatic carbocycles. The average molecular weight is 422 g/mol. The van der Waals surface area contributed by atoms with Gasteiger partial charge >= 0.3 is 5.97 Å². The summed E-state index contributed by atoms with van der Waals surface area (Å²) in [5, 5.41) is 0.474. The number of hydrogen-bond acceptors (Lipinski definition) is 5. The van der Waals surface area contributed by atoms with Gasteiger partial charge < -0.3 is 19.8 Å². The molecule has 7 nitrogen and oxygen atoms in total. The lowest BCUT2D eigenvalue weighted by Gasteiger charge is -2.14. The molecule has 0 aliphatic heterocycles. The topological polar surface area (TPSA) is 101 Å². The van der Waals surface area contributed by atoms with Gasteiger partial charge in [0.05, 0.1) is 23.6 Å². The van der Waals surface area contributed by atoms with E-state index in [1.165, 1.54) is 7.11 Å². The largest absolute Gasteiger partial charge is 0.481 e. The van der Waals surface area contributed by atoms with Crippen molar-refractivity contribution in [3.8, 4) is 5.75 Å². The molecule has 3 aromatic rings. The van der Waals surface area contributed by atoms with Crippen LogP contribution in [0.25, 0.3) is 10.9 Å². The van der Waals surface area contributed by atoms with E-state index < -0.39 is 17.7 Å². The van der Waals surface area contributed by atoms with Crippen LogP contribution in [0.1, 0.15) is 35.5 Å². The Morgan fingerprint density at radius 3 is 2.35 bits per heavy atom. The number of nitrogens with zero attached hydrogens (tertiary/aromatic N) is 1. The van der Waals surface area contributed by atoms with Crippen molar-refractivity contribution in [2.75, 3.05) is 13.7 Å². The van der Waals surface area contributed by atoms with E-state index in [0.29, 0.717) is 29.8 Å². The minimum Gasteiger partial charge on any atom is -0.481 e. The molecule has 31 heavy (non-hydrogen) atoms. The van der Waals surface area contributed by atoms with Crippen LogP contribution >= 0.6 is 0 Å². The lowest BCUT2D eigenvalue weighted by molar-refractivity contribution is -0.142. The summed E-state index contributed by atoms with van der Waals surface area (Å²) >= 11 is 0. The van der Waals surface area contributed by atoms with Crippen molar-refractivity contribution in [3.63, 3.8) is 0 Å². The van der Waals surface area contributed by atoms with E-state index in [2.05, 4.69) is 4.74 Å². The molecule has 0 fully saturated rings. The average Bonchev–Trinajstić information content (AvgIpc) is 3.05. The standard InChI is InChI=1S/C24H26N2O5/c1-15(2)12-18-22(23(28)24(25)29)21-17(26(18)13-16-8-5-4-6-9-16)10-7-11-19(21)31-14-20(27)30-3/h4-11,15H,12-14H2,1-3H3,(H2,25,29). The molecule has 1 aromatic heterocycles. The zero-order valence-corrected chi connectivity index (χ0v) is 17.9. The maximum atomic E-state index is 12.9. The Labute approximate surface area is 180 Å². The minimum atomic E-state index is -1.04. The van der Waals surface area contributed by atoms with Crippen molar-refractivity contribution in [3.05, 3.63) is 65.4 Å². The van der Waals surface area contributed by atoms with Crippen molar-refractivity contribution in [1.82, 2.24) is 4.57 Å². The van der Waals surface area contributed by atoms with E-state index in [1.807, 2.05) is 54.8 Å². The number of fused-ring (bicyclic) bond motifs is 1. The van der Waals surface area contributed by atoms with Gasteiger partial charge in [-0.25, -0.2) is 4.79 Å². The molecule has 162 valence electrons. The molecule has 1 heterocycles. The first-order chi connectivity index (χ1) is 14.8. The molecule has 0 aliphatic carbocycles. The fraction of sp³-hybridized carbons (Fsp3) is 0.292. The molecular formula is C24H26N2O5. The first-order valence-electron chi connectivity index (χ1n) is 10.0. The molecule has 3 rings (SSSR count). The molecule has 0 saturated carbocycles. The Kier molecular flexibility index (Phi) is 6.74. The zero-order valence-electron chi connectivity index (χ0n) is 17.9. The van der Waals surface area contributed by atoms with Crippen LogP contribution in [0, 0.1) is 5.92 Å². The van der Waals surface area contributed by atoms with E-state index in [4.69, 9.17) is 10.5 Å². The predicted molar refractivity (Wildman–Crippen MR) is 117 cm³/mol. The smallest absolute Gasteiger partial charge is 0.343 e. The molecule has 1 amide bonds. The van der Waals surface area contributed by atoms with Gasteiger partial charge in [-0.3, -0.25) is 9.59 Å². The lowest BCUT2D eigenvalue weighted by Crippen LogP contribution is -2.25. The highest BCUT2D eigenvalue weighted by molar-refractivity contribution is 6.45. The Morgan fingerprint density at radius 2 is 1.74 bits per heavy atom. The monoisotopic (exact) mass is 422 g/mol. The Morgan fingerprint density at radius 1 is 1.03 bits per heavy atom. The molecule has 0 saturated heterocycles. The number of Topliss-reactive ketones (excluding diaryl/α,β-unsaturated/α-hetero) is 1. The second-order valence-electron chi connectivity index (χ2n) is 7.70. The third-order valence-corrected chi connectivity index (χ3v) is 4.97. The number of ketones is 1. The number of methoxy groups -OCH3 is 1. The second kappa shape index (κ2) is 9.47. The summed E-state index contributed by atoms with van der Waals surface area (Å²) in [7, 11) is 1.27. The number of rotatable bonds is 9. The van der Waals surface area contributed by atoms with Crippen LogP contribution in [-0.2, 0) is 27.3 Å². The normalized spacial score (nSPS) is 11.0. The van der Waals surface area contributed by atoms with Gasteiger partial charge in [0, 0.05) is 12.2 Å². The van der Waals surface area contributed by atoms with Crippen LogP contribution in [0.5, 0.6) is 5.75 Å². The van der Waals surface area contributed by atoms with Crippen LogP contribution in [-0.4, -0.2) is 35.9 Å². The van der Waals surface area contributed by atoms with Gasteiger partial charge in [-0.2, -0.15) is 0 Å². The maximum Gasteiger partial charge on any atom is 0.343 e. The van der Waals surface area contributed by atoms with Crippen LogP contribution in [0.2, 0.25) is 0 Å². The summed E-state index contributed by atoms with van der Waals surface area (Å²) in [6.07, 6.45) is 0.562. The highest BCUT2D eigenvalue weighted by atomic mass is 16.6. The fourth-order valence-electron chi connectivity index (χ4n) is 3.65. The fourth-order valence-corrected chi connectivity index (χ4v) is 3.65. The molecule has 0 atom stereocenters. The number of esters is 1. The van der Waals surface area contributed by atoms with Crippen molar-refractivity contribution >= 4 is 28.6 Å². The summed E-state index contributed by atoms with van der Waals surface area (Å²) < 4.78 is 12.3. The van der Waals surface area contributed by atoms with Gasteiger partial charge in [-0.1, -0.05) is 50.2 Å². The molecule has 0 aliphatic rings. The van der Waals surface area contributed by atoms with Gasteiger partial charge in [0.1, 0.15) is 5.75 Å². The first-order valence-corrected chi connectivity index (χ1v) is 10.0. The van der Waals surface area contributed by atoms with Crippen molar-refractivity contribution in [2.45, 2.75) is 26.8 Å². The molecule has 0 spiro atoms. The summed E-state index contributed by atoms with van der Waals surface area (Å²) in [4.78, 5) is 36.5. The van der Waals surface area contributed by atoms with Gasteiger partial charge in [0.15, 0.2) is 6.61 Å². The number of primary amides is 1. The van der Waals surface area contributed by atoms with E-state index >= 15 is 0 Å². The third kappa shape index (κ3) is 4.77. The number of ether oxygens (including phenoxy) is 2. The highest BCUT2D eigenvalue weighted by Crippen LogP contribution is 2.36.